The van der Waals surface area contributed by atoms with E-state index in [-0.39, 0.29) is 36.2 Å². The number of methoxy groups -OCH3 is 2. The Bertz CT molecular complexity index is 1550. The molecular formula is C27H24N6O4. The van der Waals surface area contributed by atoms with Crippen molar-refractivity contribution in [3.05, 3.63) is 65.9 Å². The third-order valence-electron chi connectivity index (χ3n) is 6.44. The molecule has 37 heavy (non-hydrogen) atoms. The summed E-state index contributed by atoms with van der Waals surface area (Å²) in [6.07, 6.45) is 1.43. The van der Waals surface area contributed by atoms with Crippen LogP contribution in [-0.2, 0) is 9.59 Å². The van der Waals surface area contributed by atoms with E-state index >= 15 is 0 Å². The highest BCUT2D eigenvalue weighted by Crippen LogP contribution is 2.31. The average Bonchev–Trinajstić information content (AvgIpc) is 3.51. The predicted molar refractivity (Wildman–Crippen MR) is 137 cm³/mol. The van der Waals surface area contributed by atoms with Crippen molar-refractivity contribution in [2.24, 2.45) is 5.92 Å². The molecule has 1 unspecified atom stereocenters. The van der Waals surface area contributed by atoms with E-state index in [1.54, 1.807) is 43.4 Å². The highest BCUT2D eigenvalue weighted by molar-refractivity contribution is 6.03. The number of nitrogens with one attached hydrogen (secondary N) is 1. The van der Waals surface area contributed by atoms with Gasteiger partial charge in [-0.15, -0.1) is 0 Å². The summed E-state index contributed by atoms with van der Waals surface area (Å²) in [4.78, 5) is 32.3. The summed E-state index contributed by atoms with van der Waals surface area (Å²) in [5.41, 5.74) is 2.45. The highest BCUT2D eigenvalue weighted by Gasteiger charge is 2.36. The van der Waals surface area contributed by atoms with E-state index in [0.29, 0.717) is 28.5 Å². The first-order valence-electron chi connectivity index (χ1n) is 11.6. The van der Waals surface area contributed by atoms with Crippen LogP contribution >= 0.6 is 0 Å². The zero-order valence-electron chi connectivity index (χ0n) is 20.6. The Balaban J connectivity index is 1.43. The monoisotopic (exact) mass is 496 g/mol. The van der Waals surface area contributed by atoms with Gasteiger partial charge in [-0.3, -0.25) is 9.59 Å². The molecule has 0 bridgehead atoms. The maximum atomic E-state index is 13.3. The number of anilines is 2. The van der Waals surface area contributed by atoms with Crippen molar-refractivity contribution in [1.82, 2.24) is 14.8 Å². The van der Waals surface area contributed by atoms with Gasteiger partial charge in [-0.2, -0.15) is 15.0 Å². The van der Waals surface area contributed by atoms with Gasteiger partial charge in [0.05, 0.1) is 26.3 Å². The van der Waals surface area contributed by atoms with Crippen LogP contribution in [0.3, 0.4) is 0 Å². The van der Waals surface area contributed by atoms with E-state index in [4.69, 9.17) is 14.5 Å². The van der Waals surface area contributed by atoms with Crippen LogP contribution in [0, 0.1) is 24.2 Å². The number of nitriles is 1. The van der Waals surface area contributed by atoms with Crippen LogP contribution < -0.4 is 19.7 Å². The molecule has 4 aromatic rings. The van der Waals surface area contributed by atoms with Gasteiger partial charge in [-0.1, -0.05) is 12.1 Å². The number of rotatable bonds is 6. The normalized spacial score (nSPS) is 15.0. The number of ether oxygens (including phenoxy) is 2. The van der Waals surface area contributed by atoms with Crippen molar-refractivity contribution < 1.29 is 19.1 Å². The predicted octanol–water partition coefficient (Wildman–Crippen LogP) is 3.61. The van der Waals surface area contributed by atoms with Gasteiger partial charge in [0.1, 0.15) is 28.6 Å². The van der Waals surface area contributed by atoms with E-state index in [1.165, 1.54) is 10.9 Å². The van der Waals surface area contributed by atoms with Gasteiger partial charge in [0.2, 0.25) is 11.8 Å². The quantitative estimate of drug-likeness (QED) is 0.433. The lowest BCUT2D eigenvalue weighted by Gasteiger charge is -2.17. The summed E-state index contributed by atoms with van der Waals surface area (Å²) in [7, 11) is 3.14. The molecule has 1 aliphatic rings. The van der Waals surface area contributed by atoms with Crippen LogP contribution in [0.25, 0.3) is 16.7 Å². The minimum absolute atomic E-state index is 0.0540. The molecule has 0 spiro atoms. The Kier molecular flexibility index (Phi) is 6.19. The average molecular weight is 497 g/mol. The Morgan fingerprint density at radius 1 is 1.16 bits per heavy atom. The van der Waals surface area contributed by atoms with Gasteiger partial charge in [0.15, 0.2) is 11.6 Å². The number of nitrogens with zero attached hydrogens (tertiary/aromatic N) is 5. The van der Waals surface area contributed by atoms with Gasteiger partial charge >= 0.3 is 0 Å². The number of benzene rings is 2. The van der Waals surface area contributed by atoms with Crippen molar-refractivity contribution in [2.45, 2.75) is 13.3 Å². The second kappa shape index (κ2) is 9.62. The standard InChI is InChI=1S/C27H24N6O4/c1-16-11-23(30-25-21(16)5-4-6-22(25)37-3)33-26(18(13-28)14-29-33)31-27(35)17-12-24(34)32(15-17)19-7-9-20(36-2)10-8-19/h4-11,14,17H,12,15H2,1-3H3,(H,31,35). The summed E-state index contributed by atoms with van der Waals surface area (Å²) in [5, 5.41) is 17.7. The molecule has 10 nitrogen and oxygen atoms in total. The Hall–Kier alpha value is -4.91. The largest absolute Gasteiger partial charge is 0.497 e. The van der Waals surface area contributed by atoms with Crippen LogP contribution in [0.1, 0.15) is 17.5 Å². The Morgan fingerprint density at radius 2 is 1.95 bits per heavy atom. The number of amides is 2. The number of para-hydroxylation sites is 1. The molecule has 10 heteroatoms. The zero-order valence-corrected chi connectivity index (χ0v) is 20.6. The number of carbonyl (C=O) groups excluding carboxylic acids is 2. The summed E-state index contributed by atoms with van der Waals surface area (Å²) < 4.78 is 12.1. The first kappa shape index (κ1) is 23.8. The fourth-order valence-electron chi connectivity index (χ4n) is 4.49. The number of hydrogen-bond donors (Lipinski definition) is 1. The van der Waals surface area contributed by atoms with Gasteiger partial charge in [-0.05, 0) is 48.9 Å². The first-order chi connectivity index (χ1) is 17.9. The van der Waals surface area contributed by atoms with E-state index in [0.717, 1.165) is 10.9 Å². The van der Waals surface area contributed by atoms with E-state index in [1.807, 2.05) is 31.2 Å². The molecule has 186 valence electrons. The number of aryl methyl sites for hydroxylation is 1. The number of pyridine rings is 1. The molecule has 1 aliphatic heterocycles. The fraction of sp³-hybridized carbons (Fsp3) is 0.222. The summed E-state index contributed by atoms with van der Waals surface area (Å²) >= 11 is 0. The molecule has 2 aromatic heterocycles. The molecule has 2 amide bonds. The van der Waals surface area contributed by atoms with Crippen molar-refractivity contribution in [1.29, 1.82) is 5.26 Å². The molecular weight excluding hydrogens is 472 g/mol. The minimum atomic E-state index is -0.601. The third kappa shape index (κ3) is 4.31. The molecule has 2 aromatic carbocycles. The van der Waals surface area contributed by atoms with Gasteiger partial charge in [-0.25, -0.2) is 4.98 Å². The Labute approximate surface area is 213 Å². The smallest absolute Gasteiger partial charge is 0.231 e. The summed E-state index contributed by atoms with van der Waals surface area (Å²) in [6.45, 7) is 2.16. The number of aromatic nitrogens is 3. The maximum absolute atomic E-state index is 13.3. The lowest BCUT2D eigenvalue weighted by molar-refractivity contribution is -0.122. The first-order valence-corrected chi connectivity index (χ1v) is 11.6. The Morgan fingerprint density at radius 3 is 2.65 bits per heavy atom. The van der Waals surface area contributed by atoms with Gasteiger partial charge in [0, 0.05) is 24.0 Å². The lowest BCUT2D eigenvalue weighted by atomic mass is 10.1. The van der Waals surface area contributed by atoms with Crippen molar-refractivity contribution >= 4 is 34.2 Å². The molecule has 3 heterocycles. The van der Waals surface area contributed by atoms with Gasteiger partial charge < -0.3 is 19.7 Å². The molecule has 1 fully saturated rings. The molecule has 1 saturated heterocycles. The second-order valence-electron chi connectivity index (χ2n) is 8.68. The molecule has 0 radical (unpaired) electrons. The van der Waals surface area contributed by atoms with Crippen LogP contribution in [0.4, 0.5) is 11.5 Å². The molecule has 1 atom stereocenters. The van der Waals surface area contributed by atoms with Gasteiger partial charge in [0.25, 0.3) is 0 Å². The topological polar surface area (TPSA) is 122 Å². The van der Waals surface area contributed by atoms with Crippen molar-refractivity contribution in [2.75, 3.05) is 31.0 Å². The van der Waals surface area contributed by atoms with E-state index < -0.39 is 5.92 Å². The number of carbonyl (C=O) groups is 2. The summed E-state index contributed by atoms with van der Waals surface area (Å²) in [6, 6.07) is 16.6. The number of hydrogen-bond acceptors (Lipinski definition) is 7. The maximum Gasteiger partial charge on any atom is 0.231 e. The van der Waals surface area contributed by atoms with E-state index in [9.17, 15) is 14.9 Å². The number of fused-ring (bicyclic) bond motifs is 1. The third-order valence-corrected chi connectivity index (χ3v) is 6.44. The van der Waals surface area contributed by atoms with Crippen molar-refractivity contribution in [3.63, 3.8) is 0 Å². The fourth-order valence-corrected chi connectivity index (χ4v) is 4.49. The lowest BCUT2D eigenvalue weighted by Crippen LogP contribution is -2.28. The molecule has 0 aliphatic carbocycles. The van der Waals surface area contributed by atoms with Crippen LogP contribution in [-0.4, -0.2) is 47.3 Å². The highest BCUT2D eigenvalue weighted by atomic mass is 16.5. The zero-order chi connectivity index (χ0) is 26.1. The molecule has 5 rings (SSSR count). The van der Waals surface area contributed by atoms with Crippen LogP contribution in [0.5, 0.6) is 11.5 Å². The summed E-state index contributed by atoms with van der Waals surface area (Å²) in [5.74, 6) is 0.769. The van der Waals surface area contributed by atoms with E-state index in [2.05, 4.69) is 16.5 Å². The minimum Gasteiger partial charge on any atom is -0.497 e. The van der Waals surface area contributed by atoms with Crippen LogP contribution in [0.15, 0.2) is 54.7 Å². The SMILES string of the molecule is COc1ccc(N2CC(C(=O)Nc3c(C#N)cnn3-c3cc(C)c4cccc(OC)c4n3)CC2=O)cc1. The molecule has 0 saturated carbocycles. The second-order valence-corrected chi connectivity index (χ2v) is 8.68. The van der Waals surface area contributed by atoms with Crippen LogP contribution in [0.2, 0.25) is 0 Å². The van der Waals surface area contributed by atoms with Crippen molar-refractivity contribution in [3.8, 4) is 23.4 Å². The molecule has 1 N–H and O–H groups in total.